The predicted molar refractivity (Wildman–Crippen MR) is 89.3 cm³/mol. The van der Waals surface area contributed by atoms with Crippen molar-refractivity contribution in [3.8, 4) is 11.4 Å². The summed E-state index contributed by atoms with van der Waals surface area (Å²) in [6.07, 6.45) is 6.39. The van der Waals surface area contributed by atoms with Crippen molar-refractivity contribution in [2.75, 3.05) is 13.6 Å². The Kier molecular flexibility index (Phi) is 5.82. The highest BCUT2D eigenvalue weighted by Gasteiger charge is 2.13. The molecule has 0 bridgehead atoms. The second kappa shape index (κ2) is 7.61. The minimum absolute atomic E-state index is 0.769. The van der Waals surface area contributed by atoms with Crippen LogP contribution < -0.4 is 5.32 Å². The van der Waals surface area contributed by atoms with Gasteiger partial charge in [0.1, 0.15) is 0 Å². The van der Waals surface area contributed by atoms with E-state index >= 15 is 0 Å². The maximum absolute atomic E-state index is 4.76. The minimum Gasteiger partial charge on any atom is -0.319 e. The van der Waals surface area contributed by atoms with Crippen molar-refractivity contribution in [1.29, 1.82) is 0 Å². The molecule has 0 atom stereocenters. The average molecular weight is 349 g/mol. The zero-order valence-electron chi connectivity index (χ0n) is 12.8. The Hall–Kier alpha value is -1.33. The molecule has 21 heavy (non-hydrogen) atoms. The van der Waals surface area contributed by atoms with Gasteiger partial charge in [0.2, 0.25) is 0 Å². The lowest BCUT2D eigenvalue weighted by molar-refractivity contribution is 0.760. The average Bonchev–Trinajstić information content (AvgIpc) is 2.52. The number of halogens is 1. The van der Waals surface area contributed by atoms with Gasteiger partial charge in [-0.15, -0.1) is 0 Å². The van der Waals surface area contributed by atoms with E-state index in [0.29, 0.717) is 0 Å². The quantitative estimate of drug-likeness (QED) is 0.870. The van der Waals surface area contributed by atoms with Crippen LogP contribution in [0.25, 0.3) is 11.4 Å². The van der Waals surface area contributed by atoms with Crippen molar-refractivity contribution in [3.05, 3.63) is 39.9 Å². The summed E-state index contributed by atoms with van der Waals surface area (Å²) in [5.74, 6) is 0.769. The molecule has 0 aliphatic carbocycles. The molecule has 2 aromatic heterocycles. The highest BCUT2D eigenvalue weighted by atomic mass is 79.9. The number of nitrogens with one attached hydrogen (secondary N) is 1. The number of pyridine rings is 1. The summed E-state index contributed by atoms with van der Waals surface area (Å²) in [6, 6.07) is 2.01. The molecule has 0 aromatic carbocycles. The summed E-state index contributed by atoms with van der Waals surface area (Å²) < 4.78 is 0.943. The summed E-state index contributed by atoms with van der Waals surface area (Å²) in [6.45, 7) is 5.24. The lowest BCUT2D eigenvalue weighted by atomic mass is 10.0. The standard InChI is InChI=1S/C16H21BrN4/c1-4-14-13(6-7-18-3)15(5-2)21-16(20-14)11-8-12(17)10-19-9-11/h8-10,18H,4-7H2,1-3H3. The van der Waals surface area contributed by atoms with Crippen molar-refractivity contribution in [3.63, 3.8) is 0 Å². The fourth-order valence-electron chi connectivity index (χ4n) is 2.37. The maximum Gasteiger partial charge on any atom is 0.161 e. The first-order valence-corrected chi connectivity index (χ1v) is 8.13. The molecule has 0 radical (unpaired) electrons. The summed E-state index contributed by atoms with van der Waals surface area (Å²) in [4.78, 5) is 13.7. The monoisotopic (exact) mass is 348 g/mol. The molecule has 0 aliphatic rings. The Labute approximate surface area is 134 Å². The van der Waals surface area contributed by atoms with Crippen molar-refractivity contribution in [1.82, 2.24) is 20.3 Å². The lowest BCUT2D eigenvalue weighted by Gasteiger charge is -2.14. The van der Waals surface area contributed by atoms with Gasteiger partial charge in [0.25, 0.3) is 0 Å². The molecular formula is C16H21BrN4. The van der Waals surface area contributed by atoms with Gasteiger partial charge in [0.15, 0.2) is 5.82 Å². The van der Waals surface area contributed by atoms with Gasteiger partial charge in [0, 0.05) is 33.8 Å². The number of nitrogens with zero attached hydrogens (tertiary/aromatic N) is 3. The number of aromatic nitrogens is 3. The van der Waals surface area contributed by atoms with Crippen molar-refractivity contribution >= 4 is 15.9 Å². The van der Waals surface area contributed by atoms with Crippen LogP contribution in [0.4, 0.5) is 0 Å². The third-order valence-corrected chi connectivity index (χ3v) is 3.87. The Balaban J connectivity index is 2.49. The first-order valence-electron chi connectivity index (χ1n) is 7.33. The molecule has 0 unspecified atom stereocenters. The first kappa shape index (κ1) is 16.0. The highest BCUT2D eigenvalue weighted by Crippen LogP contribution is 2.22. The fraction of sp³-hybridized carbons (Fsp3) is 0.438. The van der Waals surface area contributed by atoms with E-state index in [9.17, 15) is 0 Å². The Morgan fingerprint density at radius 3 is 2.29 bits per heavy atom. The zero-order chi connectivity index (χ0) is 15.2. The molecule has 112 valence electrons. The minimum atomic E-state index is 0.769. The topological polar surface area (TPSA) is 50.7 Å². The summed E-state index contributed by atoms with van der Waals surface area (Å²) >= 11 is 3.45. The van der Waals surface area contributed by atoms with E-state index in [-0.39, 0.29) is 0 Å². The van der Waals surface area contributed by atoms with Crippen molar-refractivity contribution in [2.24, 2.45) is 0 Å². The first-order chi connectivity index (χ1) is 10.2. The van der Waals surface area contributed by atoms with Gasteiger partial charge < -0.3 is 5.32 Å². The summed E-state index contributed by atoms with van der Waals surface area (Å²) in [5.41, 5.74) is 4.54. The van der Waals surface area contributed by atoms with Gasteiger partial charge in [-0.1, -0.05) is 13.8 Å². The zero-order valence-corrected chi connectivity index (χ0v) is 14.4. The van der Waals surface area contributed by atoms with Gasteiger partial charge in [0.05, 0.1) is 0 Å². The SMILES string of the molecule is CCc1nc(-c2cncc(Br)c2)nc(CC)c1CCNC. The molecule has 0 saturated heterocycles. The highest BCUT2D eigenvalue weighted by molar-refractivity contribution is 9.10. The van der Waals surface area contributed by atoms with E-state index in [1.807, 2.05) is 19.3 Å². The molecule has 2 aromatic rings. The fourth-order valence-corrected chi connectivity index (χ4v) is 2.73. The molecule has 2 heterocycles. The van der Waals surface area contributed by atoms with E-state index in [0.717, 1.165) is 53.1 Å². The van der Waals surface area contributed by atoms with Crippen molar-refractivity contribution in [2.45, 2.75) is 33.1 Å². The Morgan fingerprint density at radius 2 is 1.76 bits per heavy atom. The van der Waals surface area contributed by atoms with Gasteiger partial charge in [-0.25, -0.2) is 9.97 Å². The van der Waals surface area contributed by atoms with Crippen LogP contribution in [0, 0.1) is 0 Å². The smallest absolute Gasteiger partial charge is 0.161 e. The van der Waals surface area contributed by atoms with Gasteiger partial charge >= 0.3 is 0 Å². The number of aryl methyl sites for hydroxylation is 2. The third-order valence-electron chi connectivity index (χ3n) is 3.44. The van der Waals surface area contributed by atoms with E-state index in [1.54, 1.807) is 6.20 Å². The molecular weight excluding hydrogens is 328 g/mol. The molecule has 0 spiro atoms. The van der Waals surface area contributed by atoms with Crippen LogP contribution in [0.2, 0.25) is 0 Å². The summed E-state index contributed by atoms with van der Waals surface area (Å²) in [7, 11) is 1.97. The van der Waals surface area contributed by atoms with E-state index in [1.165, 1.54) is 5.56 Å². The van der Waals surface area contributed by atoms with Crippen LogP contribution in [-0.4, -0.2) is 28.5 Å². The molecule has 0 saturated carbocycles. The molecule has 2 rings (SSSR count). The van der Waals surface area contributed by atoms with Gasteiger partial charge in [-0.2, -0.15) is 0 Å². The molecule has 0 amide bonds. The van der Waals surface area contributed by atoms with Crippen molar-refractivity contribution < 1.29 is 0 Å². The number of rotatable bonds is 6. The van der Waals surface area contributed by atoms with E-state index < -0.39 is 0 Å². The maximum atomic E-state index is 4.76. The molecule has 4 nitrogen and oxygen atoms in total. The van der Waals surface area contributed by atoms with E-state index in [2.05, 4.69) is 40.1 Å². The largest absolute Gasteiger partial charge is 0.319 e. The van der Waals surface area contributed by atoms with E-state index in [4.69, 9.17) is 9.97 Å². The molecule has 5 heteroatoms. The lowest BCUT2D eigenvalue weighted by Crippen LogP contribution is -2.15. The Bertz CT molecular complexity index is 588. The summed E-state index contributed by atoms with van der Waals surface area (Å²) in [5, 5.41) is 3.20. The predicted octanol–water partition coefficient (Wildman–Crippen LogP) is 3.19. The van der Waals surface area contributed by atoms with Gasteiger partial charge in [-0.05, 0) is 60.4 Å². The van der Waals surface area contributed by atoms with Crippen LogP contribution in [0.3, 0.4) is 0 Å². The van der Waals surface area contributed by atoms with Crippen LogP contribution in [0.15, 0.2) is 22.9 Å². The van der Waals surface area contributed by atoms with Crippen LogP contribution in [-0.2, 0) is 19.3 Å². The van der Waals surface area contributed by atoms with Crippen LogP contribution >= 0.6 is 15.9 Å². The number of hydrogen-bond donors (Lipinski definition) is 1. The normalized spacial score (nSPS) is 10.9. The Morgan fingerprint density at radius 1 is 1.10 bits per heavy atom. The van der Waals surface area contributed by atoms with Crippen LogP contribution in [0.1, 0.15) is 30.8 Å². The second-order valence-electron chi connectivity index (χ2n) is 4.87. The second-order valence-corrected chi connectivity index (χ2v) is 5.79. The molecule has 0 fully saturated rings. The molecule has 1 N–H and O–H groups in total. The third kappa shape index (κ3) is 3.86. The number of likely N-dealkylation sites (N-methyl/N-ethyl adjacent to an activating group) is 1. The molecule has 0 aliphatic heterocycles. The van der Waals surface area contributed by atoms with Crippen LogP contribution in [0.5, 0.6) is 0 Å². The van der Waals surface area contributed by atoms with Gasteiger partial charge in [-0.3, -0.25) is 4.98 Å². The number of hydrogen-bond acceptors (Lipinski definition) is 4.